The number of carboxylic acids is 1. The Balaban J connectivity index is 1.81. The van der Waals surface area contributed by atoms with Crippen molar-refractivity contribution in [1.82, 2.24) is 9.47 Å². The minimum Gasteiger partial charge on any atom is -0.477 e. The number of halogens is 2. The Morgan fingerprint density at radius 3 is 2.02 bits per heavy atom. The van der Waals surface area contributed by atoms with Crippen LogP contribution in [0.25, 0.3) is 10.9 Å². The van der Waals surface area contributed by atoms with Crippen LogP contribution in [0.1, 0.15) is 68.9 Å². The van der Waals surface area contributed by atoms with Crippen molar-refractivity contribution >= 4 is 43.8 Å². The third kappa shape index (κ3) is 5.60. The molecule has 1 aliphatic carbocycles. The number of aromatic carboxylic acids is 1. The first-order valence-corrected chi connectivity index (χ1v) is 16.7. The van der Waals surface area contributed by atoms with Crippen LogP contribution in [0.3, 0.4) is 0 Å². The first-order chi connectivity index (χ1) is 19.8. The van der Waals surface area contributed by atoms with Crippen LogP contribution in [0.15, 0.2) is 11.0 Å². The van der Waals surface area contributed by atoms with Crippen molar-refractivity contribution in [2.75, 3.05) is 18.0 Å². The largest absolute Gasteiger partial charge is 0.477 e. The molecular formula is C25H33F2N3O11P2. The molecule has 18 heteroatoms. The molecule has 14 nitrogen and oxygen atoms in total. The second-order valence-corrected chi connectivity index (χ2v) is 15.4. The van der Waals surface area contributed by atoms with Gasteiger partial charge in [-0.3, -0.25) is 18.8 Å². The van der Waals surface area contributed by atoms with Gasteiger partial charge in [0.25, 0.3) is 0 Å². The van der Waals surface area contributed by atoms with E-state index in [0.29, 0.717) is 26.2 Å². The van der Waals surface area contributed by atoms with Gasteiger partial charge >= 0.3 is 32.3 Å². The second-order valence-electron chi connectivity index (χ2n) is 11.1. The summed E-state index contributed by atoms with van der Waals surface area (Å²) in [6.45, 7) is 4.76. The van der Waals surface area contributed by atoms with E-state index in [2.05, 4.69) is 0 Å². The van der Waals surface area contributed by atoms with E-state index in [1.165, 1.54) is 23.3 Å². The Hall–Kier alpha value is -2.87. The zero-order valence-electron chi connectivity index (χ0n) is 23.7. The third-order valence-electron chi connectivity index (χ3n) is 7.90. The van der Waals surface area contributed by atoms with Crippen LogP contribution in [0.4, 0.5) is 19.3 Å². The summed E-state index contributed by atoms with van der Waals surface area (Å²) in [6, 6.07) is -2.13. The van der Waals surface area contributed by atoms with Crippen LogP contribution in [-0.2, 0) is 20.3 Å². The van der Waals surface area contributed by atoms with Gasteiger partial charge in [-0.2, -0.15) is 0 Å². The van der Waals surface area contributed by atoms with Gasteiger partial charge in [-0.25, -0.2) is 18.4 Å². The number of pyridine rings is 1. The van der Waals surface area contributed by atoms with Crippen molar-refractivity contribution in [2.24, 2.45) is 0 Å². The molecule has 1 aromatic heterocycles. The minimum atomic E-state index is -5.68. The van der Waals surface area contributed by atoms with Gasteiger partial charge in [0, 0.05) is 30.9 Å². The van der Waals surface area contributed by atoms with E-state index in [4.69, 9.17) is 4.74 Å². The molecular weight excluding hydrogens is 618 g/mol. The molecule has 2 fully saturated rings. The van der Waals surface area contributed by atoms with Crippen molar-refractivity contribution in [3.63, 3.8) is 0 Å². The van der Waals surface area contributed by atoms with Crippen LogP contribution in [0.5, 0.6) is 0 Å². The Morgan fingerprint density at radius 1 is 1.05 bits per heavy atom. The van der Waals surface area contributed by atoms with Gasteiger partial charge in [0.05, 0.1) is 28.7 Å². The number of amides is 1. The number of nitrogens with zero attached hydrogens (tertiary/aromatic N) is 3. The summed E-state index contributed by atoms with van der Waals surface area (Å²) >= 11 is 0. The van der Waals surface area contributed by atoms with E-state index in [1.54, 1.807) is 6.92 Å². The smallest absolute Gasteiger partial charge is 0.412 e. The molecule has 1 saturated heterocycles. The molecule has 43 heavy (non-hydrogen) atoms. The fraction of sp³-hybridized carbons (Fsp3) is 0.560. The molecule has 2 aromatic rings. The molecule has 0 radical (unpaired) electrons. The lowest BCUT2D eigenvalue weighted by atomic mass is 9.98. The number of fused-ring (bicyclic) bond motifs is 1. The van der Waals surface area contributed by atoms with Crippen LogP contribution < -0.4 is 10.3 Å². The number of hydrogen-bond acceptors (Lipinski definition) is 7. The molecule has 0 bridgehead atoms. The highest BCUT2D eigenvalue weighted by atomic mass is 31.2. The summed E-state index contributed by atoms with van der Waals surface area (Å²) in [5.74, 6) is -3.55. The summed E-state index contributed by atoms with van der Waals surface area (Å²) in [4.78, 5) is 78.7. The maximum atomic E-state index is 16.6. The zero-order chi connectivity index (χ0) is 32.4. The summed E-state index contributed by atoms with van der Waals surface area (Å²) in [7, 11) is -11.4. The predicted octanol–water partition coefficient (Wildman–Crippen LogP) is 3.33. The lowest BCUT2D eigenvalue weighted by Gasteiger charge is -2.46. The highest BCUT2D eigenvalue weighted by Gasteiger charge is 2.61. The van der Waals surface area contributed by atoms with Gasteiger partial charge in [-0.1, -0.05) is 13.3 Å². The van der Waals surface area contributed by atoms with Crippen molar-refractivity contribution in [1.29, 1.82) is 0 Å². The number of carboxylic acid groups (broad SMARTS) is 1. The van der Waals surface area contributed by atoms with Crippen LogP contribution >= 0.6 is 15.2 Å². The topological polar surface area (TPSA) is 207 Å². The summed E-state index contributed by atoms with van der Waals surface area (Å²) in [5, 5.41) is 5.44. The Bertz CT molecular complexity index is 1620. The fourth-order valence-corrected chi connectivity index (χ4v) is 7.28. The standard InChI is InChI=1S/C25H33F2N3O11P2/c1-5-6-15-18(26)17-21(29(14-7-8-14)11-16(22(17)31)23(32)33)19(27)20(15)28-9-12(2)30(13(3)10-28)24(34)41-25(4,42(35,36)37)43(38,39)40/h11-14H,5-10H2,1-4H3,(H,32,33)(H2,35,36,37)(H2,38,39,40)/t12-,13+. The molecule has 2 heterocycles. The maximum absolute atomic E-state index is 16.6. The van der Waals surface area contributed by atoms with Crippen molar-refractivity contribution in [3.05, 3.63) is 39.2 Å². The number of carbonyl (C=O) groups excluding carboxylic acids is 1. The normalized spacial score (nSPS) is 20.0. The van der Waals surface area contributed by atoms with E-state index in [9.17, 15) is 48.2 Å². The van der Waals surface area contributed by atoms with Gasteiger partial charge in [0.1, 0.15) is 11.4 Å². The number of ether oxygens (including phenoxy) is 1. The number of piperazine rings is 1. The molecule has 1 amide bonds. The van der Waals surface area contributed by atoms with Crippen LogP contribution in [0, 0.1) is 11.6 Å². The van der Waals surface area contributed by atoms with E-state index >= 15 is 8.78 Å². The number of hydrogen-bond donors (Lipinski definition) is 5. The molecule has 5 N–H and O–H groups in total. The second kappa shape index (κ2) is 11.2. The highest BCUT2D eigenvalue weighted by Crippen LogP contribution is 2.69. The molecule has 1 saturated carbocycles. The quantitative estimate of drug-likeness (QED) is 0.261. The van der Waals surface area contributed by atoms with Gasteiger partial charge < -0.3 is 38.9 Å². The fourth-order valence-electron chi connectivity index (χ4n) is 5.53. The first-order valence-electron chi connectivity index (χ1n) is 13.5. The van der Waals surface area contributed by atoms with Crippen LogP contribution in [0.2, 0.25) is 0 Å². The van der Waals surface area contributed by atoms with Crippen molar-refractivity contribution < 1.29 is 56.9 Å². The maximum Gasteiger partial charge on any atom is 0.412 e. The van der Waals surface area contributed by atoms with E-state index in [1.807, 2.05) is 0 Å². The number of carbonyl (C=O) groups is 2. The van der Waals surface area contributed by atoms with Crippen LogP contribution in [-0.4, -0.2) is 76.5 Å². The minimum absolute atomic E-state index is 0.0118. The highest BCUT2D eigenvalue weighted by molar-refractivity contribution is 7.72. The Kier molecular flexibility index (Phi) is 8.64. The molecule has 2 aliphatic rings. The zero-order valence-corrected chi connectivity index (χ0v) is 25.5. The molecule has 1 aliphatic heterocycles. The monoisotopic (exact) mass is 651 g/mol. The van der Waals surface area contributed by atoms with Gasteiger partial charge in [0.2, 0.25) is 5.43 Å². The lowest BCUT2D eigenvalue weighted by molar-refractivity contribution is 0.0335. The molecule has 2 atom stereocenters. The summed E-state index contributed by atoms with van der Waals surface area (Å²) in [6.07, 6.45) is 1.06. The average Bonchev–Trinajstić information content (AvgIpc) is 3.70. The first kappa shape index (κ1) is 33.0. The van der Waals surface area contributed by atoms with Gasteiger partial charge in [-0.15, -0.1) is 0 Å². The van der Waals surface area contributed by atoms with Gasteiger partial charge in [-0.05, 0) is 40.0 Å². The number of benzene rings is 1. The van der Waals surface area contributed by atoms with E-state index in [0.717, 1.165) is 11.1 Å². The number of anilines is 1. The number of rotatable bonds is 8. The Morgan fingerprint density at radius 2 is 1.58 bits per heavy atom. The average molecular weight is 651 g/mol. The molecule has 1 aromatic carbocycles. The van der Waals surface area contributed by atoms with E-state index < -0.39 is 72.4 Å². The van der Waals surface area contributed by atoms with E-state index in [-0.39, 0.29) is 42.3 Å². The predicted molar refractivity (Wildman–Crippen MR) is 149 cm³/mol. The SMILES string of the molecule is CCCc1c(N2C[C@@H](C)N(C(=O)OC(C)(P(=O)(O)O)P(=O)(O)O)[C@@H](C)C2)c(F)c2c(c1F)c(=O)c(C(=O)O)cn2C1CC1. The number of aromatic nitrogens is 1. The summed E-state index contributed by atoms with van der Waals surface area (Å²) < 4.78 is 62.7. The van der Waals surface area contributed by atoms with Crippen molar-refractivity contribution in [3.8, 4) is 0 Å². The molecule has 4 rings (SSSR count). The third-order valence-corrected chi connectivity index (χ3v) is 11.8. The molecule has 0 unspecified atom stereocenters. The lowest BCUT2D eigenvalue weighted by Crippen LogP contribution is -2.60. The molecule has 0 spiro atoms. The Labute approximate surface area is 244 Å². The van der Waals surface area contributed by atoms with Gasteiger partial charge in [0.15, 0.2) is 5.82 Å². The van der Waals surface area contributed by atoms with Crippen molar-refractivity contribution in [2.45, 2.75) is 76.6 Å². The molecule has 238 valence electrons. The summed E-state index contributed by atoms with van der Waals surface area (Å²) in [5.41, 5.74) is -2.52.